The highest BCUT2D eigenvalue weighted by Crippen LogP contribution is 2.30. The van der Waals surface area contributed by atoms with Crippen molar-refractivity contribution in [3.8, 4) is 6.07 Å². The Labute approximate surface area is 208 Å². The molecule has 1 saturated heterocycles. The van der Waals surface area contributed by atoms with E-state index in [2.05, 4.69) is 16.4 Å². The van der Waals surface area contributed by atoms with Crippen LogP contribution in [0.2, 0.25) is 10.0 Å². The number of pyridine rings is 1. The molecule has 6 nitrogen and oxygen atoms in total. The molecule has 2 heterocycles. The molecule has 0 saturated carbocycles. The second kappa shape index (κ2) is 10.3. The Morgan fingerprint density at radius 3 is 2.32 bits per heavy atom. The lowest BCUT2D eigenvalue weighted by Crippen LogP contribution is -2.38. The molecule has 1 aromatic heterocycles. The molecule has 0 atom stereocenters. The fourth-order valence-electron chi connectivity index (χ4n) is 4.13. The molecule has 1 fully saturated rings. The minimum atomic E-state index is -0.465. The third-order valence-electron chi connectivity index (χ3n) is 6.11. The van der Waals surface area contributed by atoms with Gasteiger partial charge in [-0.25, -0.2) is 0 Å². The van der Waals surface area contributed by atoms with Crippen LogP contribution in [0.4, 0.5) is 5.69 Å². The number of piperidine rings is 1. The number of nitriles is 1. The predicted molar refractivity (Wildman–Crippen MR) is 132 cm³/mol. The lowest BCUT2D eigenvalue weighted by atomic mass is 9.89. The number of halogens is 2. The van der Waals surface area contributed by atoms with Crippen molar-refractivity contribution in [3.63, 3.8) is 0 Å². The molecule has 1 aliphatic rings. The molecule has 8 heteroatoms. The van der Waals surface area contributed by atoms with Gasteiger partial charge in [0.1, 0.15) is 0 Å². The number of hydrogen-bond acceptors (Lipinski definition) is 4. The topological polar surface area (TPSA) is 86.1 Å². The molecule has 0 spiro atoms. The molecule has 1 aliphatic heterocycles. The minimum Gasteiger partial charge on any atom is -0.339 e. The van der Waals surface area contributed by atoms with E-state index in [1.807, 2.05) is 42.2 Å². The number of amides is 2. The number of benzene rings is 2. The van der Waals surface area contributed by atoms with Crippen molar-refractivity contribution in [2.75, 3.05) is 18.4 Å². The van der Waals surface area contributed by atoms with Gasteiger partial charge in [0.2, 0.25) is 0 Å². The summed E-state index contributed by atoms with van der Waals surface area (Å²) in [6.07, 6.45) is 4.42. The maximum atomic E-state index is 13.2. The molecule has 0 aliphatic carbocycles. The van der Waals surface area contributed by atoms with Crippen LogP contribution >= 0.6 is 23.2 Å². The Hall–Kier alpha value is -3.40. The van der Waals surface area contributed by atoms with Crippen LogP contribution in [0.1, 0.15) is 56.2 Å². The van der Waals surface area contributed by atoms with E-state index >= 15 is 0 Å². The molecule has 0 bridgehead atoms. The first-order valence-corrected chi connectivity index (χ1v) is 11.6. The van der Waals surface area contributed by atoms with Gasteiger partial charge < -0.3 is 10.2 Å². The van der Waals surface area contributed by atoms with Gasteiger partial charge in [0.05, 0.1) is 27.2 Å². The summed E-state index contributed by atoms with van der Waals surface area (Å²) in [6.45, 7) is 3.13. The number of likely N-dealkylation sites (tertiary alicyclic amines) is 1. The molecule has 3 aromatic rings. The van der Waals surface area contributed by atoms with Crippen LogP contribution in [-0.4, -0.2) is 34.8 Å². The summed E-state index contributed by atoms with van der Waals surface area (Å²) in [5.74, 6) is -0.179. The third-order valence-corrected chi connectivity index (χ3v) is 6.68. The minimum absolute atomic E-state index is 0.0752. The molecule has 34 heavy (non-hydrogen) atoms. The van der Waals surface area contributed by atoms with Crippen LogP contribution in [0.5, 0.6) is 0 Å². The van der Waals surface area contributed by atoms with Crippen LogP contribution in [0.3, 0.4) is 0 Å². The largest absolute Gasteiger partial charge is 0.339 e. The van der Waals surface area contributed by atoms with Crippen molar-refractivity contribution in [2.45, 2.75) is 25.7 Å². The Bertz CT molecular complexity index is 1260. The van der Waals surface area contributed by atoms with E-state index in [0.29, 0.717) is 35.8 Å². The average molecular weight is 493 g/mol. The number of hydrogen-bond donors (Lipinski definition) is 1. The lowest BCUT2D eigenvalue weighted by molar-refractivity contribution is 0.0712. The van der Waals surface area contributed by atoms with E-state index in [9.17, 15) is 9.59 Å². The normalized spacial score (nSPS) is 13.9. The summed E-state index contributed by atoms with van der Waals surface area (Å²) >= 11 is 12.2. The molecule has 0 radical (unpaired) electrons. The van der Waals surface area contributed by atoms with Crippen LogP contribution in [0.25, 0.3) is 0 Å². The number of aromatic nitrogens is 1. The second-order valence-electron chi connectivity index (χ2n) is 8.26. The Balaban J connectivity index is 1.44. The van der Waals surface area contributed by atoms with Crippen LogP contribution < -0.4 is 5.32 Å². The third kappa shape index (κ3) is 5.06. The lowest BCUT2D eigenvalue weighted by Gasteiger charge is -2.32. The summed E-state index contributed by atoms with van der Waals surface area (Å²) in [7, 11) is 0. The summed E-state index contributed by atoms with van der Waals surface area (Å²) < 4.78 is 0. The van der Waals surface area contributed by atoms with Gasteiger partial charge in [-0.15, -0.1) is 0 Å². The Morgan fingerprint density at radius 1 is 1.06 bits per heavy atom. The van der Waals surface area contributed by atoms with Crippen LogP contribution in [-0.2, 0) is 0 Å². The molecule has 172 valence electrons. The van der Waals surface area contributed by atoms with E-state index in [1.54, 1.807) is 12.1 Å². The van der Waals surface area contributed by atoms with E-state index in [1.165, 1.54) is 18.0 Å². The number of nitrogens with zero attached hydrogens (tertiary/aromatic N) is 3. The van der Waals surface area contributed by atoms with Crippen LogP contribution in [0, 0.1) is 18.3 Å². The predicted octanol–water partition coefficient (Wildman–Crippen LogP) is 5.84. The number of carbonyl (C=O) groups excluding carboxylic acids is 2. The SMILES string of the molecule is Cc1ccc(C(=O)N2CCC(c3ccc(C#N)cc3)CC2)cc1NC(=O)c1c(Cl)cncc1Cl. The van der Waals surface area contributed by atoms with Gasteiger partial charge in [0.25, 0.3) is 11.8 Å². The van der Waals surface area contributed by atoms with E-state index in [4.69, 9.17) is 28.5 Å². The number of aryl methyl sites for hydroxylation is 1. The smallest absolute Gasteiger partial charge is 0.258 e. The van der Waals surface area contributed by atoms with Gasteiger partial charge in [-0.2, -0.15) is 5.26 Å². The van der Waals surface area contributed by atoms with Gasteiger partial charge in [-0.05, 0) is 61.1 Å². The first-order chi connectivity index (χ1) is 16.4. The van der Waals surface area contributed by atoms with Gasteiger partial charge >= 0.3 is 0 Å². The monoisotopic (exact) mass is 492 g/mol. The fraction of sp³-hybridized carbons (Fsp3) is 0.231. The van der Waals surface area contributed by atoms with E-state index in [-0.39, 0.29) is 21.5 Å². The first-order valence-electron chi connectivity index (χ1n) is 10.9. The standard InChI is InChI=1S/C26H22Cl2N4O2/c1-16-2-5-20(12-23(16)31-25(33)24-21(27)14-30-15-22(24)28)26(34)32-10-8-19(9-11-32)18-6-3-17(13-29)4-7-18/h2-7,12,14-15,19H,8-11H2,1H3,(H,31,33). The molecule has 1 N–H and O–H groups in total. The first kappa shape index (κ1) is 23.7. The zero-order valence-corrected chi connectivity index (χ0v) is 20.0. The fourth-order valence-corrected chi connectivity index (χ4v) is 4.67. The highest BCUT2D eigenvalue weighted by Gasteiger charge is 2.25. The average Bonchev–Trinajstić information content (AvgIpc) is 2.85. The summed E-state index contributed by atoms with van der Waals surface area (Å²) in [4.78, 5) is 31.7. The van der Waals surface area contributed by atoms with Crippen molar-refractivity contribution in [1.29, 1.82) is 5.26 Å². The zero-order chi connectivity index (χ0) is 24.2. The summed E-state index contributed by atoms with van der Waals surface area (Å²) in [5.41, 5.74) is 3.81. The van der Waals surface area contributed by atoms with Crippen molar-refractivity contribution in [2.24, 2.45) is 0 Å². The molecule has 2 aromatic carbocycles. The van der Waals surface area contributed by atoms with Crippen molar-refractivity contribution in [1.82, 2.24) is 9.88 Å². The molecule has 0 unspecified atom stereocenters. The molecule has 2 amide bonds. The highest BCUT2D eigenvalue weighted by atomic mass is 35.5. The Morgan fingerprint density at radius 2 is 1.71 bits per heavy atom. The second-order valence-corrected chi connectivity index (χ2v) is 9.08. The Kier molecular flexibility index (Phi) is 7.16. The summed E-state index contributed by atoms with van der Waals surface area (Å²) in [6, 6.07) is 15.1. The van der Waals surface area contributed by atoms with Gasteiger partial charge in [-0.1, -0.05) is 41.4 Å². The van der Waals surface area contributed by atoms with Crippen molar-refractivity contribution >= 4 is 40.7 Å². The maximum Gasteiger partial charge on any atom is 0.258 e. The maximum absolute atomic E-state index is 13.2. The quantitative estimate of drug-likeness (QED) is 0.495. The molecule has 4 rings (SSSR count). The number of nitrogens with one attached hydrogen (secondary N) is 1. The molecular weight excluding hydrogens is 471 g/mol. The van der Waals surface area contributed by atoms with Gasteiger partial charge in [0.15, 0.2) is 0 Å². The number of anilines is 1. The van der Waals surface area contributed by atoms with E-state index < -0.39 is 5.91 Å². The van der Waals surface area contributed by atoms with Gasteiger partial charge in [0, 0.05) is 36.7 Å². The highest BCUT2D eigenvalue weighted by molar-refractivity contribution is 6.40. The number of carbonyl (C=O) groups is 2. The van der Waals surface area contributed by atoms with Crippen molar-refractivity contribution < 1.29 is 9.59 Å². The van der Waals surface area contributed by atoms with Gasteiger partial charge in [-0.3, -0.25) is 14.6 Å². The van der Waals surface area contributed by atoms with Crippen LogP contribution in [0.15, 0.2) is 54.9 Å². The van der Waals surface area contributed by atoms with Crippen molar-refractivity contribution in [3.05, 3.63) is 92.7 Å². The molecular formula is C26H22Cl2N4O2. The number of rotatable bonds is 4. The van der Waals surface area contributed by atoms with E-state index in [0.717, 1.165) is 18.4 Å². The zero-order valence-electron chi connectivity index (χ0n) is 18.5. The summed E-state index contributed by atoms with van der Waals surface area (Å²) in [5, 5.41) is 12.1.